The van der Waals surface area contributed by atoms with Crippen LogP contribution in [0.2, 0.25) is 0 Å². The standard InChI is InChI=1S/C8H10O.C8H8O.C8H10O.C8H8O.C8H8/c2*1-7(9)8-5-3-2-4-6-8;2*9-7-6-8-4-2-1-3-5-8;1-2-8-6-4-3-5-7-8/h2-7,9H,1H3;2-6H,1H3;1-5,9H,6-7H2;1-5,7H,6H2;2-7H,1H2. The summed E-state index contributed by atoms with van der Waals surface area (Å²) in [5.74, 6) is 0.121. The number of hydrogen-bond acceptors (Lipinski definition) is 4. The first-order valence-corrected chi connectivity index (χ1v) is 14.5. The van der Waals surface area contributed by atoms with E-state index in [4.69, 9.17) is 10.2 Å². The van der Waals surface area contributed by atoms with E-state index in [9.17, 15) is 9.59 Å². The zero-order valence-electron chi connectivity index (χ0n) is 25.7. The Bertz CT molecular complexity index is 1390. The number of aldehydes is 1. The maximum atomic E-state index is 10.6. The zero-order chi connectivity index (χ0) is 32.3. The molecule has 2 N–H and O–H groups in total. The molecule has 0 radical (unpaired) electrons. The minimum Gasteiger partial charge on any atom is -0.396 e. The third-order valence-electron chi connectivity index (χ3n) is 5.90. The van der Waals surface area contributed by atoms with Crippen molar-refractivity contribution < 1.29 is 19.8 Å². The third-order valence-corrected chi connectivity index (χ3v) is 5.90. The fraction of sp³-hybridized carbons (Fsp3) is 0.150. The molecule has 4 nitrogen and oxygen atoms in total. The third kappa shape index (κ3) is 18.5. The van der Waals surface area contributed by atoms with Crippen LogP contribution in [0.25, 0.3) is 6.08 Å². The highest BCUT2D eigenvalue weighted by Crippen LogP contribution is 2.09. The lowest BCUT2D eigenvalue weighted by Gasteiger charge is -2.00. The number of carbonyl (C=O) groups excluding carboxylic acids is 2. The molecular formula is C40H44O4. The second-order valence-corrected chi connectivity index (χ2v) is 9.44. The van der Waals surface area contributed by atoms with Gasteiger partial charge in [-0.25, -0.2) is 0 Å². The Hall–Kier alpha value is -4.90. The number of carbonyl (C=O) groups is 2. The molecule has 1 unspecified atom stereocenters. The summed E-state index contributed by atoms with van der Waals surface area (Å²) in [6.07, 6.45) is 3.70. The maximum absolute atomic E-state index is 10.6. The van der Waals surface area contributed by atoms with Gasteiger partial charge in [0.05, 0.1) is 6.10 Å². The predicted octanol–water partition coefficient (Wildman–Crippen LogP) is 8.61. The molecule has 228 valence electrons. The topological polar surface area (TPSA) is 74.6 Å². The molecule has 5 aromatic carbocycles. The first kappa shape index (κ1) is 37.1. The van der Waals surface area contributed by atoms with Gasteiger partial charge >= 0.3 is 0 Å². The van der Waals surface area contributed by atoms with E-state index in [1.165, 1.54) is 11.1 Å². The van der Waals surface area contributed by atoms with Crippen LogP contribution in [0.4, 0.5) is 0 Å². The summed E-state index contributed by atoms with van der Waals surface area (Å²) in [4.78, 5) is 20.6. The average molecular weight is 589 g/mol. The van der Waals surface area contributed by atoms with E-state index >= 15 is 0 Å². The molecule has 1 atom stereocenters. The lowest BCUT2D eigenvalue weighted by molar-refractivity contribution is -0.107. The summed E-state index contributed by atoms with van der Waals surface area (Å²) in [5.41, 5.74) is 5.19. The SMILES string of the molecule is C=Cc1ccccc1.CC(=O)c1ccccc1.CC(O)c1ccccc1.O=CCc1ccccc1.OCCc1ccccc1. The van der Waals surface area contributed by atoms with Crippen LogP contribution in [0.3, 0.4) is 0 Å². The Morgan fingerprint density at radius 1 is 0.682 bits per heavy atom. The predicted molar refractivity (Wildman–Crippen MR) is 183 cm³/mol. The molecule has 5 aromatic rings. The van der Waals surface area contributed by atoms with Gasteiger partial charge in [0.25, 0.3) is 0 Å². The van der Waals surface area contributed by atoms with Gasteiger partial charge in [0.1, 0.15) is 6.29 Å². The molecule has 0 amide bonds. The smallest absolute Gasteiger partial charge is 0.159 e. The fourth-order valence-electron chi connectivity index (χ4n) is 3.48. The van der Waals surface area contributed by atoms with E-state index in [0.29, 0.717) is 6.42 Å². The van der Waals surface area contributed by atoms with Crippen LogP contribution in [0.1, 0.15) is 52.6 Å². The monoisotopic (exact) mass is 588 g/mol. The molecule has 4 heteroatoms. The second kappa shape index (κ2) is 24.7. The van der Waals surface area contributed by atoms with E-state index in [1.54, 1.807) is 13.8 Å². The molecule has 5 rings (SSSR count). The van der Waals surface area contributed by atoms with Crippen LogP contribution in [-0.4, -0.2) is 28.9 Å². The molecule has 0 saturated carbocycles. The second-order valence-electron chi connectivity index (χ2n) is 9.44. The Morgan fingerprint density at radius 3 is 1.41 bits per heavy atom. The Morgan fingerprint density at radius 2 is 1.09 bits per heavy atom. The summed E-state index contributed by atoms with van der Waals surface area (Å²) in [5, 5.41) is 17.5. The molecule has 0 aliphatic heterocycles. The van der Waals surface area contributed by atoms with Gasteiger partial charge < -0.3 is 15.0 Å². The molecule has 0 heterocycles. The van der Waals surface area contributed by atoms with E-state index in [0.717, 1.165) is 29.4 Å². The summed E-state index contributed by atoms with van der Waals surface area (Å²) in [6, 6.07) is 48.5. The van der Waals surface area contributed by atoms with Crippen molar-refractivity contribution in [2.45, 2.75) is 32.8 Å². The van der Waals surface area contributed by atoms with Crippen molar-refractivity contribution in [2.24, 2.45) is 0 Å². The van der Waals surface area contributed by atoms with E-state index in [-0.39, 0.29) is 18.5 Å². The van der Waals surface area contributed by atoms with Crippen molar-refractivity contribution in [2.75, 3.05) is 6.61 Å². The van der Waals surface area contributed by atoms with Gasteiger partial charge in [-0.1, -0.05) is 164 Å². The number of rotatable bonds is 7. The number of benzene rings is 5. The van der Waals surface area contributed by atoms with Gasteiger partial charge in [0.2, 0.25) is 0 Å². The fourth-order valence-corrected chi connectivity index (χ4v) is 3.48. The lowest BCUT2D eigenvalue weighted by atomic mass is 10.1. The number of Topliss-reactive ketones (excluding diaryl/α,β-unsaturated/α-hetero) is 1. The first-order valence-electron chi connectivity index (χ1n) is 14.5. The van der Waals surface area contributed by atoms with Crippen LogP contribution in [0.5, 0.6) is 0 Å². The molecule has 0 aliphatic carbocycles. The minimum absolute atomic E-state index is 0.121. The highest BCUT2D eigenvalue weighted by atomic mass is 16.3. The van der Waals surface area contributed by atoms with Crippen LogP contribution >= 0.6 is 0 Å². The summed E-state index contributed by atoms with van der Waals surface area (Å²) >= 11 is 0. The van der Waals surface area contributed by atoms with Gasteiger partial charge in [-0.2, -0.15) is 0 Å². The quantitative estimate of drug-likeness (QED) is 0.147. The molecule has 0 aliphatic rings. The highest BCUT2D eigenvalue weighted by molar-refractivity contribution is 5.93. The van der Waals surface area contributed by atoms with Crippen molar-refractivity contribution in [1.82, 2.24) is 0 Å². The van der Waals surface area contributed by atoms with Crippen molar-refractivity contribution in [1.29, 1.82) is 0 Å². The van der Waals surface area contributed by atoms with E-state index in [1.807, 2.05) is 158 Å². The van der Waals surface area contributed by atoms with Crippen molar-refractivity contribution >= 4 is 18.1 Å². The molecule has 0 bridgehead atoms. The van der Waals surface area contributed by atoms with E-state index < -0.39 is 0 Å². The molecule has 0 spiro atoms. The molecule has 0 aromatic heterocycles. The van der Waals surface area contributed by atoms with Gasteiger partial charge in [-0.3, -0.25) is 4.79 Å². The van der Waals surface area contributed by atoms with Crippen LogP contribution < -0.4 is 0 Å². The van der Waals surface area contributed by atoms with Crippen molar-refractivity contribution in [3.05, 3.63) is 186 Å². The number of aliphatic hydroxyl groups is 2. The Balaban J connectivity index is 0.000000275. The lowest BCUT2D eigenvalue weighted by Crippen LogP contribution is -1.88. The number of ketones is 1. The van der Waals surface area contributed by atoms with Crippen molar-refractivity contribution in [3.8, 4) is 0 Å². The molecule has 0 saturated heterocycles. The number of aliphatic hydroxyl groups excluding tert-OH is 2. The molecular weight excluding hydrogens is 544 g/mol. The van der Waals surface area contributed by atoms with Gasteiger partial charge in [0.15, 0.2) is 5.78 Å². The van der Waals surface area contributed by atoms with Crippen molar-refractivity contribution in [3.63, 3.8) is 0 Å². The highest BCUT2D eigenvalue weighted by Gasteiger charge is 1.95. The molecule has 0 fully saturated rings. The summed E-state index contributed by atoms with van der Waals surface area (Å²) in [7, 11) is 0. The van der Waals surface area contributed by atoms with Gasteiger partial charge in [-0.05, 0) is 42.5 Å². The summed E-state index contributed by atoms with van der Waals surface area (Å²) < 4.78 is 0. The van der Waals surface area contributed by atoms with E-state index in [2.05, 4.69) is 6.58 Å². The summed E-state index contributed by atoms with van der Waals surface area (Å²) in [6.45, 7) is 7.20. The van der Waals surface area contributed by atoms with Gasteiger partial charge in [0, 0.05) is 18.6 Å². The largest absolute Gasteiger partial charge is 0.396 e. The van der Waals surface area contributed by atoms with Crippen LogP contribution in [0, 0.1) is 0 Å². The normalized spacial score (nSPS) is 9.82. The Kier molecular flexibility index (Phi) is 20.8. The minimum atomic E-state index is -0.341. The Labute approximate surface area is 263 Å². The average Bonchev–Trinajstić information content (AvgIpc) is 3.08. The zero-order valence-corrected chi connectivity index (χ0v) is 25.7. The van der Waals surface area contributed by atoms with Crippen LogP contribution in [0.15, 0.2) is 158 Å². The first-order chi connectivity index (χ1) is 21.4. The maximum Gasteiger partial charge on any atom is 0.159 e. The molecule has 44 heavy (non-hydrogen) atoms. The van der Waals surface area contributed by atoms with Crippen LogP contribution in [-0.2, 0) is 17.6 Å². The van der Waals surface area contributed by atoms with Gasteiger partial charge in [-0.15, -0.1) is 0 Å². The number of hydrogen-bond donors (Lipinski definition) is 2.